The van der Waals surface area contributed by atoms with E-state index in [1.807, 2.05) is 16.2 Å². The fourth-order valence-corrected chi connectivity index (χ4v) is 4.55. The Labute approximate surface area is 160 Å². The summed E-state index contributed by atoms with van der Waals surface area (Å²) in [7, 11) is 0. The molecule has 0 saturated carbocycles. The van der Waals surface area contributed by atoms with Crippen molar-refractivity contribution < 1.29 is 4.79 Å². The lowest BCUT2D eigenvalue weighted by atomic mass is 10.2. The molecule has 2 saturated heterocycles. The van der Waals surface area contributed by atoms with Crippen molar-refractivity contribution in [2.45, 2.75) is 38.6 Å². The molecule has 7 heteroatoms. The summed E-state index contributed by atoms with van der Waals surface area (Å²) in [5, 5.41) is 8.88. The number of carbonyl (C=O) groups is 1. The third kappa shape index (κ3) is 5.20. The molecule has 0 aliphatic carbocycles. The van der Waals surface area contributed by atoms with Gasteiger partial charge in [0.1, 0.15) is 6.54 Å². The largest absolute Gasteiger partial charge is 0.357 e. The number of rotatable bonds is 7. The van der Waals surface area contributed by atoms with E-state index in [0.717, 1.165) is 58.1 Å². The molecule has 1 aromatic rings. The van der Waals surface area contributed by atoms with Gasteiger partial charge in [-0.25, -0.2) is 4.99 Å². The summed E-state index contributed by atoms with van der Waals surface area (Å²) in [6.45, 7) is 7.96. The molecule has 0 radical (unpaired) electrons. The van der Waals surface area contributed by atoms with E-state index in [2.05, 4.69) is 45.0 Å². The van der Waals surface area contributed by atoms with E-state index in [-0.39, 0.29) is 12.5 Å². The molecule has 1 aromatic heterocycles. The van der Waals surface area contributed by atoms with Gasteiger partial charge in [-0.05, 0) is 57.1 Å². The minimum Gasteiger partial charge on any atom is -0.357 e. The molecule has 0 bridgehead atoms. The number of thiophene rings is 1. The van der Waals surface area contributed by atoms with E-state index in [0.29, 0.717) is 6.04 Å². The van der Waals surface area contributed by atoms with E-state index in [1.54, 1.807) is 0 Å². The van der Waals surface area contributed by atoms with Crippen molar-refractivity contribution in [3.63, 3.8) is 0 Å². The van der Waals surface area contributed by atoms with Crippen LogP contribution < -0.4 is 10.6 Å². The minimum atomic E-state index is 0.133. The summed E-state index contributed by atoms with van der Waals surface area (Å²) < 4.78 is 0. The van der Waals surface area contributed by atoms with Crippen LogP contribution in [0.3, 0.4) is 0 Å². The van der Waals surface area contributed by atoms with E-state index < -0.39 is 0 Å². The van der Waals surface area contributed by atoms with Gasteiger partial charge in [0, 0.05) is 31.1 Å². The normalized spacial score (nSPS) is 19.7. The number of likely N-dealkylation sites (tertiary alicyclic amines) is 2. The first-order valence-electron chi connectivity index (χ1n) is 9.85. The molecule has 3 rings (SSSR count). The van der Waals surface area contributed by atoms with E-state index in [4.69, 9.17) is 0 Å². The zero-order chi connectivity index (χ0) is 18.2. The maximum atomic E-state index is 12.2. The van der Waals surface area contributed by atoms with Gasteiger partial charge >= 0.3 is 0 Å². The molecule has 0 spiro atoms. The molecule has 6 nitrogen and oxygen atoms in total. The number of nitrogens with one attached hydrogen (secondary N) is 2. The molecule has 26 heavy (non-hydrogen) atoms. The van der Waals surface area contributed by atoms with Crippen molar-refractivity contribution in [1.29, 1.82) is 0 Å². The van der Waals surface area contributed by atoms with Crippen LogP contribution in [0.4, 0.5) is 0 Å². The highest BCUT2D eigenvalue weighted by Crippen LogP contribution is 2.27. The maximum Gasteiger partial charge on any atom is 0.244 e. The number of amides is 1. The highest BCUT2D eigenvalue weighted by atomic mass is 32.1. The van der Waals surface area contributed by atoms with E-state index >= 15 is 0 Å². The van der Waals surface area contributed by atoms with Crippen LogP contribution in [0.25, 0.3) is 0 Å². The first-order chi connectivity index (χ1) is 12.8. The number of hydrogen-bond donors (Lipinski definition) is 2. The smallest absolute Gasteiger partial charge is 0.244 e. The quantitative estimate of drug-likeness (QED) is 0.564. The van der Waals surface area contributed by atoms with Gasteiger partial charge in [-0.15, -0.1) is 11.3 Å². The highest BCUT2D eigenvalue weighted by molar-refractivity contribution is 7.10. The molecule has 144 valence electrons. The third-order valence-corrected chi connectivity index (χ3v) is 6.06. The Bertz CT molecular complexity index is 577. The fraction of sp³-hybridized carbons (Fsp3) is 0.684. The van der Waals surface area contributed by atoms with Gasteiger partial charge in [0.2, 0.25) is 5.91 Å². The van der Waals surface area contributed by atoms with Crippen LogP contribution in [-0.4, -0.2) is 67.5 Å². The lowest BCUT2D eigenvalue weighted by Gasteiger charge is -2.27. The van der Waals surface area contributed by atoms with Crippen LogP contribution in [-0.2, 0) is 4.79 Å². The monoisotopic (exact) mass is 377 g/mol. The molecule has 3 heterocycles. The van der Waals surface area contributed by atoms with Crippen LogP contribution in [0.1, 0.15) is 43.5 Å². The highest BCUT2D eigenvalue weighted by Gasteiger charge is 2.24. The Kier molecular flexibility index (Phi) is 7.32. The summed E-state index contributed by atoms with van der Waals surface area (Å²) in [5.41, 5.74) is 0. The molecular weight excluding hydrogens is 346 g/mol. The van der Waals surface area contributed by atoms with Gasteiger partial charge in [0.05, 0.1) is 6.04 Å². The maximum absolute atomic E-state index is 12.2. The standard InChI is InChI=1S/C19H31N5OS/c1-2-20-19(22-15-18(25)24-11-5-6-12-24)21-14-16(17-8-7-13-26-17)23-9-3-4-10-23/h7-8,13,16H,2-6,9-12,14-15H2,1H3,(H2,20,21,22). The predicted molar refractivity (Wildman–Crippen MR) is 108 cm³/mol. The van der Waals surface area contributed by atoms with Crippen LogP contribution >= 0.6 is 11.3 Å². The Balaban J connectivity index is 1.58. The van der Waals surface area contributed by atoms with Gasteiger partial charge in [-0.2, -0.15) is 0 Å². The first kappa shape index (κ1) is 19.2. The second-order valence-corrected chi connectivity index (χ2v) is 7.92. The van der Waals surface area contributed by atoms with Crippen LogP contribution in [0, 0.1) is 0 Å². The topological polar surface area (TPSA) is 60.0 Å². The molecule has 2 aliphatic heterocycles. The molecule has 1 atom stereocenters. The molecule has 1 unspecified atom stereocenters. The van der Waals surface area contributed by atoms with Crippen LogP contribution in [0.2, 0.25) is 0 Å². The molecule has 1 amide bonds. The van der Waals surface area contributed by atoms with Crippen molar-refractivity contribution in [3.05, 3.63) is 22.4 Å². The van der Waals surface area contributed by atoms with Crippen molar-refractivity contribution in [1.82, 2.24) is 20.4 Å². The summed E-state index contributed by atoms with van der Waals surface area (Å²) in [4.78, 5) is 22.6. The SMILES string of the molecule is CCNC(=NCC(=O)N1CCCC1)NCC(c1cccs1)N1CCCC1. The summed E-state index contributed by atoms with van der Waals surface area (Å²) in [5.74, 6) is 0.870. The van der Waals surface area contributed by atoms with E-state index in [9.17, 15) is 4.79 Å². The van der Waals surface area contributed by atoms with Crippen molar-refractivity contribution in [2.24, 2.45) is 4.99 Å². The Morgan fingerprint density at radius 2 is 1.92 bits per heavy atom. The van der Waals surface area contributed by atoms with Crippen molar-refractivity contribution in [3.8, 4) is 0 Å². The lowest BCUT2D eigenvalue weighted by molar-refractivity contribution is -0.128. The zero-order valence-corrected chi connectivity index (χ0v) is 16.6. The summed E-state index contributed by atoms with van der Waals surface area (Å²) in [6, 6.07) is 4.71. The molecule has 0 aromatic carbocycles. The van der Waals surface area contributed by atoms with Gasteiger partial charge in [0.15, 0.2) is 5.96 Å². The molecular formula is C19H31N5OS. The average Bonchev–Trinajstić information content (AvgIpc) is 3.43. The Hall–Kier alpha value is -1.60. The summed E-state index contributed by atoms with van der Waals surface area (Å²) >= 11 is 1.82. The first-order valence-corrected chi connectivity index (χ1v) is 10.7. The van der Waals surface area contributed by atoms with Gasteiger partial charge in [-0.1, -0.05) is 6.07 Å². The molecule has 2 N–H and O–H groups in total. The van der Waals surface area contributed by atoms with Crippen LogP contribution in [0.15, 0.2) is 22.5 Å². The Morgan fingerprint density at radius 3 is 2.58 bits per heavy atom. The van der Waals surface area contributed by atoms with Crippen molar-refractivity contribution >= 4 is 23.2 Å². The number of hydrogen-bond acceptors (Lipinski definition) is 4. The second kappa shape index (κ2) is 9.92. The second-order valence-electron chi connectivity index (χ2n) is 6.94. The Morgan fingerprint density at radius 1 is 1.19 bits per heavy atom. The lowest BCUT2D eigenvalue weighted by Crippen LogP contribution is -2.43. The van der Waals surface area contributed by atoms with Crippen LogP contribution in [0.5, 0.6) is 0 Å². The zero-order valence-electron chi connectivity index (χ0n) is 15.7. The van der Waals surface area contributed by atoms with E-state index in [1.165, 1.54) is 17.7 Å². The molecule has 2 fully saturated rings. The fourth-order valence-electron chi connectivity index (χ4n) is 3.69. The number of guanidine groups is 1. The van der Waals surface area contributed by atoms with Gasteiger partial charge in [-0.3, -0.25) is 9.69 Å². The van der Waals surface area contributed by atoms with Gasteiger partial charge in [0.25, 0.3) is 0 Å². The summed E-state index contributed by atoms with van der Waals surface area (Å²) in [6.07, 6.45) is 4.79. The van der Waals surface area contributed by atoms with Gasteiger partial charge < -0.3 is 15.5 Å². The molecule has 2 aliphatic rings. The number of nitrogens with zero attached hydrogens (tertiary/aromatic N) is 3. The predicted octanol–water partition coefficient (Wildman–Crippen LogP) is 2.06. The minimum absolute atomic E-state index is 0.133. The third-order valence-electron chi connectivity index (χ3n) is 5.09. The number of carbonyl (C=O) groups excluding carboxylic acids is 1. The van der Waals surface area contributed by atoms with Crippen molar-refractivity contribution in [2.75, 3.05) is 45.8 Å². The number of aliphatic imine (C=N–C) groups is 1. The average molecular weight is 378 g/mol.